The zero-order valence-electron chi connectivity index (χ0n) is 10.2. The second-order valence-electron chi connectivity index (χ2n) is 5.21. The maximum Gasteiger partial charge on any atom is 0.126 e. The van der Waals surface area contributed by atoms with Crippen LogP contribution in [0, 0.1) is 18.7 Å². The molecule has 3 saturated heterocycles. The van der Waals surface area contributed by atoms with E-state index >= 15 is 0 Å². The van der Waals surface area contributed by atoms with Crippen LogP contribution in [-0.2, 0) is 0 Å². The van der Waals surface area contributed by atoms with Gasteiger partial charge in [0.15, 0.2) is 0 Å². The van der Waals surface area contributed by atoms with Gasteiger partial charge in [0.2, 0.25) is 0 Å². The first-order valence-corrected chi connectivity index (χ1v) is 6.37. The molecule has 1 aromatic rings. The molecule has 0 N–H and O–H groups in total. The van der Waals surface area contributed by atoms with E-state index in [1.165, 1.54) is 32.0 Å². The Hall–Kier alpha value is -1.09. The fourth-order valence-electron chi connectivity index (χ4n) is 2.91. The van der Waals surface area contributed by atoms with Crippen LogP contribution >= 0.6 is 0 Å². The van der Waals surface area contributed by atoms with Gasteiger partial charge >= 0.3 is 0 Å². The second kappa shape index (κ2) is 4.30. The summed E-state index contributed by atoms with van der Waals surface area (Å²) in [6, 6.07) is 5.03. The van der Waals surface area contributed by atoms with E-state index in [4.69, 9.17) is 4.74 Å². The number of rotatable bonds is 2. The molecule has 2 bridgehead atoms. The first-order valence-electron chi connectivity index (χ1n) is 6.37. The van der Waals surface area contributed by atoms with Crippen molar-refractivity contribution in [2.75, 3.05) is 19.6 Å². The summed E-state index contributed by atoms with van der Waals surface area (Å²) < 4.78 is 19.2. The van der Waals surface area contributed by atoms with Crippen LogP contribution in [0.15, 0.2) is 18.2 Å². The van der Waals surface area contributed by atoms with Gasteiger partial charge in [-0.2, -0.15) is 0 Å². The third kappa shape index (κ3) is 2.16. The molecule has 3 heteroatoms. The van der Waals surface area contributed by atoms with Crippen LogP contribution in [0.2, 0.25) is 0 Å². The van der Waals surface area contributed by atoms with Gasteiger partial charge in [-0.25, -0.2) is 4.39 Å². The van der Waals surface area contributed by atoms with Gasteiger partial charge in [0.1, 0.15) is 17.7 Å². The van der Waals surface area contributed by atoms with Gasteiger partial charge in [-0.3, -0.25) is 4.90 Å². The molecular formula is C14H18FNO. The van der Waals surface area contributed by atoms with E-state index in [0.29, 0.717) is 17.6 Å². The average molecular weight is 235 g/mol. The highest BCUT2D eigenvalue weighted by atomic mass is 19.1. The van der Waals surface area contributed by atoms with Gasteiger partial charge in [0, 0.05) is 6.54 Å². The smallest absolute Gasteiger partial charge is 0.126 e. The number of nitrogens with zero attached hydrogens (tertiary/aromatic N) is 1. The monoisotopic (exact) mass is 235 g/mol. The van der Waals surface area contributed by atoms with E-state index in [1.54, 1.807) is 19.1 Å². The van der Waals surface area contributed by atoms with Crippen molar-refractivity contribution in [1.82, 2.24) is 4.90 Å². The molecule has 1 aromatic carbocycles. The number of halogens is 1. The number of hydrogen-bond acceptors (Lipinski definition) is 2. The summed E-state index contributed by atoms with van der Waals surface area (Å²) >= 11 is 0. The average Bonchev–Trinajstić information content (AvgIpc) is 2.35. The Morgan fingerprint density at radius 2 is 2.06 bits per heavy atom. The SMILES string of the molecule is Cc1cc(O[C@H]2CN3CCC2CC3)ccc1F. The van der Waals surface area contributed by atoms with Crippen molar-refractivity contribution in [3.8, 4) is 5.75 Å². The third-order valence-corrected chi connectivity index (χ3v) is 4.01. The zero-order valence-corrected chi connectivity index (χ0v) is 10.2. The highest BCUT2D eigenvalue weighted by Gasteiger charge is 2.35. The molecule has 0 spiro atoms. The molecular weight excluding hydrogens is 217 g/mol. The standard InChI is InChI=1S/C14H18FNO/c1-10-8-12(2-3-13(10)15)17-14-9-16-6-4-11(14)5-7-16/h2-3,8,11,14H,4-7,9H2,1H3/t14-/m0/s1. The minimum absolute atomic E-state index is 0.161. The molecule has 0 radical (unpaired) electrons. The third-order valence-electron chi connectivity index (χ3n) is 4.01. The van der Waals surface area contributed by atoms with Crippen molar-refractivity contribution >= 4 is 0 Å². The zero-order chi connectivity index (χ0) is 11.8. The van der Waals surface area contributed by atoms with Crippen molar-refractivity contribution in [1.29, 1.82) is 0 Å². The Morgan fingerprint density at radius 3 is 2.65 bits per heavy atom. The molecule has 92 valence electrons. The van der Waals surface area contributed by atoms with Gasteiger partial charge in [-0.15, -0.1) is 0 Å². The number of piperidine rings is 3. The number of fused-ring (bicyclic) bond motifs is 3. The Bertz CT molecular complexity index is 413. The summed E-state index contributed by atoms with van der Waals surface area (Å²) in [7, 11) is 0. The predicted molar refractivity (Wildman–Crippen MR) is 64.7 cm³/mol. The van der Waals surface area contributed by atoms with Crippen LogP contribution in [0.25, 0.3) is 0 Å². The Balaban J connectivity index is 1.72. The van der Waals surface area contributed by atoms with Gasteiger partial charge < -0.3 is 4.74 Å². The summed E-state index contributed by atoms with van der Waals surface area (Å²) in [4.78, 5) is 2.46. The first kappa shape index (κ1) is 11.0. The highest BCUT2D eigenvalue weighted by Crippen LogP contribution is 2.31. The van der Waals surface area contributed by atoms with E-state index in [0.717, 1.165) is 12.3 Å². The van der Waals surface area contributed by atoms with Gasteiger partial charge in [0.05, 0.1) is 0 Å². The number of hydrogen-bond donors (Lipinski definition) is 0. The lowest BCUT2D eigenvalue weighted by Crippen LogP contribution is -2.52. The van der Waals surface area contributed by atoms with Crippen LogP contribution in [0.3, 0.4) is 0 Å². The van der Waals surface area contributed by atoms with Crippen LogP contribution < -0.4 is 4.74 Å². The van der Waals surface area contributed by atoms with Gasteiger partial charge in [-0.05, 0) is 62.5 Å². The number of ether oxygens (including phenoxy) is 1. The molecule has 0 aromatic heterocycles. The minimum atomic E-state index is -0.161. The number of benzene rings is 1. The molecule has 3 aliphatic heterocycles. The van der Waals surface area contributed by atoms with Crippen molar-refractivity contribution in [2.45, 2.75) is 25.9 Å². The molecule has 0 saturated carbocycles. The lowest BCUT2D eigenvalue weighted by molar-refractivity contribution is -0.00781. The summed E-state index contributed by atoms with van der Waals surface area (Å²) in [5.74, 6) is 1.33. The van der Waals surface area contributed by atoms with E-state index in [9.17, 15) is 4.39 Å². The Kier molecular flexibility index (Phi) is 2.79. The van der Waals surface area contributed by atoms with Gasteiger partial charge in [0.25, 0.3) is 0 Å². The Labute approximate surface area is 101 Å². The van der Waals surface area contributed by atoms with Crippen LogP contribution in [0.5, 0.6) is 5.75 Å². The van der Waals surface area contributed by atoms with Crippen molar-refractivity contribution in [3.05, 3.63) is 29.6 Å². The molecule has 0 amide bonds. The number of aryl methyl sites for hydroxylation is 1. The highest BCUT2D eigenvalue weighted by molar-refractivity contribution is 5.29. The lowest BCUT2D eigenvalue weighted by Gasteiger charge is -2.44. The normalized spacial score (nSPS) is 31.5. The summed E-state index contributed by atoms with van der Waals surface area (Å²) in [6.07, 6.45) is 2.78. The fourth-order valence-corrected chi connectivity index (χ4v) is 2.91. The topological polar surface area (TPSA) is 12.5 Å². The van der Waals surface area contributed by atoms with Crippen LogP contribution in [0.1, 0.15) is 18.4 Å². The van der Waals surface area contributed by atoms with Crippen LogP contribution in [0.4, 0.5) is 4.39 Å². The van der Waals surface area contributed by atoms with E-state index < -0.39 is 0 Å². The van der Waals surface area contributed by atoms with Crippen molar-refractivity contribution < 1.29 is 9.13 Å². The minimum Gasteiger partial charge on any atom is -0.489 e. The molecule has 0 unspecified atom stereocenters. The summed E-state index contributed by atoms with van der Waals surface area (Å²) in [5, 5.41) is 0. The summed E-state index contributed by atoms with van der Waals surface area (Å²) in [6.45, 7) is 5.24. The summed E-state index contributed by atoms with van der Waals surface area (Å²) in [5.41, 5.74) is 0.656. The van der Waals surface area contributed by atoms with E-state index in [1.807, 2.05) is 0 Å². The second-order valence-corrected chi connectivity index (χ2v) is 5.21. The Morgan fingerprint density at radius 1 is 1.29 bits per heavy atom. The molecule has 3 aliphatic rings. The molecule has 4 rings (SSSR count). The maximum atomic E-state index is 13.2. The van der Waals surface area contributed by atoms with Crippen LogP contribution in [-0.4, -0.2) is 30.6 Å². The van der Waals surface area contributed by atoms with E-state index in [-0.39, 0.29) is 5.82 Å². The predicted octanol–water partition coefficient (Wildman–Crippen LogP) is 2.61. The quantitative estimate of drug-likeness (QED) is 0.781. The molecule has 3 fully saturated rings. The molecule has 3 heterocycles. The van der Waals surface area contributed by atoms with Crippen molar-refractivity contribution in [2.24, 2.45) is 5.92 Å². The molecule has 17 heavy (non-hydrogen) atoms. The van der Waals surface area contributed by atoms with Gasteiger partial charge in [-0.1, -0.05) is 0 Å². The molecule has 0 aliphatic carbocycles. The van der Waals surface area contributed by atoms with E-state index in [2.05, 4.69) is 4.90 Å². The first-order chi connectivity index (χ1) is 8.22. The lowest BCUT2D eigenvalue weighted by atomic mass is 9.86. The molecule has 2 nitrogen and oxygen atoms in total. The molecule has 1 atom stereocenters. The van der Waals surface area contributed by atoms with Crippen molar-refractivity contribution in [3.63, 3.8) is 0 Å². The fraction of sp³-hybridized carbons (Fsp3) is 0.571. The maximum absolute atomic E-state index is 13.2. The largest absolute Gasteiger partial charge is 0.489 e.